The van der Waals surface area contributed by atoms with Gasteiger partial charge in [0.2, 0.25) is 0 Å². The maximum atomic E-state index is 5.80. The number of aromatic nitrogens is 2. The van der Waals surface area contributed by atoms with E-state index in [4.69, 9.17) is 15.1 Å². The minimum absolute atomic E-state index is 0.193. The molecule has 1 atom stereocenters. The number of nitrogens with one attached hydrogen (secondary N) is 1. The van der Waals surface area contributed by atoms with Gasteiger partial charge in [-0.1, -0.05) is 13.8 Å². The lowest BCUT2D eigenvalue weighted by Crippen LogP contribution is -2.30. The Morgan fingerprint density at radius 2 is 2.06 bits per heavy atom. The molecule has 18 heavy (non-hydrogen) atoms. The molecule has 0 bridgehead atoms. The zero-order valence-electron chi connectivity index (χ0n) is 10.8. The van der Waals surface area contributed by atoms with Crippen molar-refractivity contribution in [1.29, 1.82) is 0 Å². The van der Waals surface area contributed by atoms with Gasteiger partial charge in [-0.3, -0.25) is 0 Å². The molecule has 6 heteroatoms. The summed E-state index contributed by atoms with van der Waals surface area (Å²) in [4.78, 5) is 0. The first-order valence-electron chi connectivity index (χ1n) is 5.89. The van der Waals surface area contributed by atoms with Gasteiger partial charge in [0.1, 0.15) is 0 Å². The minimum Gasteiger partial charge on any atom is -0.397 e. The van der Waals surface area contributed by atoms with Gasteiger partial charge in [-0.2, -0.15) is 0 Å². The SMILES string of the molecule is COCC(Nc1ccc(N)c2nonc12)C(C)C. The summed E-state index contributed by atoms with van der Waals surface area (Å²) >= 11 is 0. The highest BCUT2D eigenvalue weighted by atomic mass is 16.6. The van der Waals surface area contributed by atoms with Crippen molar-refractivity contribution in [2.75, 3.05) is 24.8 Å². The predicted molar refractivity (Wildman–Crippen MR) is 70.3 cm³/mol. The Morgan fingerprint density at radius 3 is 2.72 bits per heavy atom. The molecule has 2 aromatic rings. The second kappa shape index (κ2) is 5.22. The monoisotopic (exact) mass is 250 g/mol. The number of hydrogen-bond acceptors (Lipinski definition) is 6. The zero-order chi connectivity index (χ0) is 13.1. The molecule has 6 nitrogen and oxygen atoms in total. The van der Waals surface area contributed by atoms with Crippen LogP contribution in [-0.4, -0.2) is 30.1 Å². The van der Waals surface area contributed by atoms with E-state index in [1.165, 1.54) is 0 Å². The van der Waals surface area contributed by atoms with E-state index in [0.717, 1.165) is 5.69 Å². The molecule has 0 saturated heterocycles. The van der Waals surface area contributed by atoms with E-state index in [9.17, 15) is 0 Å². The first kappa shape index (κ1) is 12.6. The number of nitrogens with two attached hydrogens (primary N) is 1. The number of rotatable bonds is 5. The molecule has 98 valence electrons. The van der Waals surface area contributed by atoms with Crippen molar-refractivity contribution in [3.05, 3.63) is 12.1 Å². The van der Waals surface area contributed by atoms with E-state index in [1.807, 2.05) is 6.07 Å². The molecule has 1 unspecified atom stereocenters. The van der Waals surface area contributed by atoms with Crippen molar-refractivity contribution < 1.29 is 9.37 Å². The van der Waals surface area contributed by atoms with Gasteiger partial charge in [0.05, 0.1) is 24.0 Å². The highest BCUT2D eigenvalue weighted by molar-refractivity contribution is 5.95. The highest BCUT2D eigenvalue weighted by Gasteiger charge is 2.16. The summed E-state index contributed by atoms with van der Waals surface area (Å²) in [7, 11) is 1.69. The Bertz CT molecular complexity index is 524. The molecule has 0 saturated carbocycles. The molecular weight excluding hydrogens is 232 g/mol. The molecule has 0 fully saturated rings. The fraction of sp³-hybridized carbons (Fsp3) is 0.500. The second-order valence-electron chi connectivity index (χ2n) is 4.61. The van der Waals surface area contributed by atoms with Crippen molar-refractivity contribution in [2.45, 2.75) is 19.9 Å². The zero-order valence-corrected chi connectivity index (χ0v) is 10.8. The van der Waals surface area contributed by atoms with Gasteiger partial charge in [-0.25, -0.2) is 4.63 Å². The number of nitrogens with zero attached hydrogens (tertiary/aromatic N) is 2. The van der Waals surface area contributed by atoms with Gasteiger partial charge >= 0.3 is 0 Å². The topological polar surface area (TPSA) is 86.2 Å². The van der Waals surface area contributed by atoms with Crippen molar-refractivity contribution in [3.63, 3.8) is 0 Å². The lowest BCUT2D eigenvalue weighted by atomic mass is 10.0. The minimum atomic E-state index is 0.193. The average Bonchev–Trinajstić information content (AvgIpc) is 2.81. The quantitative estimate of drug-likeness (QED) is 0.788. The van der Waals surface area contributed by atoms with Crippen LogP contribution in [-0.2, 0) is 4.74 Å². The lowest BCUT2D eigenvalue weighted by molar-refractivity contribution is 0.171. The number of anilines is 2. The van der Waals surface area contributed by atoms with E-state index in [-0.39, 0.29) is 6.04 Å². The number of nitrogen functional groups attached to an aromatic ring is 1. The predicted octanol–water partition coefficient (Wildman–Crippen LogP) is 1.89. The van der Waals surface area contributed by atoms with Crippen LogP contribution in [0.4, 0.5) is 11.4 Å². The number of benzene rings is 1. The van der Waals surface area contributed by atoms with Crippen LogP contribution in [0.5, 0.6) is 0 Å². The standard InChI is InChI=1S/C12H18N4O2/c1-7(2)10(6-17-3)14-9-5-4-8(13)11-12(9)16-18-15-11/h4-5,7,10,14H,6,13H2,1-3H3. The molecule has 1 aromatic carbocycles. The van der Waals surface area contributed by atoms with Crippen LogP contribution >= 0.6 is 0 Å². The molecule has 0 amide bonds. The van der Waals surface area contributed by atoms with E-state index < -0.39 is 0 Å². The molecule has 0 aliphatic carbocycles. The summed E-state index contributed by atoms with van der Waals surface area (Å²) in [6.07, 6.45) is 0. The molecule has 0 radical (unpaired) electrons. The van der Waals surface area contributed by atoms with E-state index in [1.54, 1.807) is 13.2 Å². The molecule has 0 spiro atoms. The van der Waals surface area contributed by atoms with Crippen LogP contribution in [0.1, 0.15) is 13.8 Å². The molecular formula is C12H18N4O2. The Labute approximate surface area is 105 Å². The van der Waals surface area contributed by atoms with Crippen LogP contribution in [0, 0.1) is 5.92 Å². The van der Waals surface area contributed by atoms with Gasteiger partial charge in [0.25, 0.3) is 0 Å². The molecule has 0 aliphatic rings. The molecule has 1 aromatic heterocycles. The van der Waals surface area contributed by atoms with Crippen LogP contribution in [0.25, 0.3) is 11.0 Å². The maximum absolute atomic E-state index is 5.80. The van der Waals surface area contributed by atoms with Crippen LogP contribution < -0.4 is 11.1 Å². The first-order valence-corrected chi connectivity index (χ1v) is 5.89. The molecule has 3 N–H and O–H groups in total. The summed E-state index contributed by atoms with van der Waals surface area (Å²) in [6, 6.07) is 3.87. The summed E-state index contributed by atoms with van der Waals surface area (Å²) in [5.41, 5.74) is 8.45. The van der Waals surface area contributed by atoms with E-state index in [2.05, 4.69) is 29.5 Å². The van der Waals surface area contributed by atoms with Crippen LogP contribution in [0.2, 0.25) is 0 Å². The Balaban J connectivity index is 2.30. The maximum Gasteiger partial charge on any atom is 0.160 e. The Morgan fingerprint density at radius 1 is 1.33 bits per heavy atom. The van der Waals surface area contributed by atoms with Gasteiger partial charge in [0.15, 0.2) is 11.0 Å². The normalized spacial score (nSPS) is 13.1. The average molecular weight is 250 g/mol. The third-order valence-electron chi connectivity index (χ3n) is 2.94. The van der Waals surface area contributed by atoms with Gasteiger partial charge in [-0.15, -0.1) is 0 Å². The lowest BCUT2D eigenvalue weighted by Gasteiger charge is -2.22. The fourth-order valence-corrected chi connectivity index (χ4v) is 1.78. The summed E-state index contributed by atoms with van der Waals surface area (Å²) < 4.78 is 9.95. The number of hydrogen-bond donors (Lipinski definition) is 2. The smallest absolute Gasteiger partial charge is 0.160 e. The van der Waals surface area contributed by atoms with Crippen molar-refractivity contribution in [2.24, 2.45) is 5.92 Å². The summed E-state index contributed by atoms with van der Waals surface area (Å²) in [6.45, 7) is 4.88. The fourth-order valence-electron chi connectivity index (χ4n) is 1.78. The largest absolute Gasteiger partial charge is 0.397 e. The first-order chi connectivity index (χ1) is 8.63. The van der Waals surface area contributed by atoms with Crippen molar-refractivity contribution in [3.8, 4) is 0 Å². The summed E-state index contributed by atoms with van der Waals surface area (Å²) in [5, 5.41) is 11.1. The molecule has 2 rings (SSSR count). The van der Waals surface area contributed by atoms with E-state index >= 15 is 0 Å². The van der Waals surface area contributed by atoms with Crippen LogP contribution in [0.15, 0.2) is 16.8 Å². The number of fused-ring (bicyclic) bond motifs is 1. The van der Waals surface area contributed by atoms with Gasteiger partial charge in [-0.05, 0) is 28.4 Å². The second-order valence-corrected chi connectivity index (χ2v) is 4.61. The Kier molecular flexibility index (Phi) is 3.66. The third-order valence-corrected chi connectivity index (χ3v) is 2.94. The van der Waals surface area contributed by atoms with Gasteiger partial charge in [0, 0.05) is 7.11 Å². The molecule has 1 heterocycles. The highest BCUT2D eigenvalue weighted by Crippen LogP contribution is 2.26. The van der Waals surface area contributed by atoms with E-state index in [0.29, 0.717) is 29.2 Å². The van der Waals surface area contributed by atoms with Gasteiger partial charge < -0.3 is 15.8 Å². The molecule has 0 aliphatic heterocycles. The van der Waals surface area contributed by atoms with Crippen molar-refractivity contribution >= 4 is 22.4 Å². The number of methoxy groups -OCH3 is 1. The number of ether oxygens (including phenoxy) is 1. The van der Waals surface area contributed by atoms with Crippen molar-refractivity contribution in [1.82, 2.24) is 10.3 Å². The Hall–Kier alpha value is -1.82. The van der Waals surface area contributed by atoms with Crippen LogP contribution in [0.3, 0.4) is 0 Å². The third kappa shape index (κ3) is 2.38. The summed E-state index contributed by atoms with van der Waals surface area (Å²) in [5.74, 6) is 0.428.